The lowest BCUT2D eigenvalue weighted by atomic mass is 9.92. The van der Waals surface area contributed by atoms with Crippen LogP contribution < -0.4 is 10.2 Å². The summed E-state index contributed by atoms with van der Waals surface area (Å²) >= 11 is 1.52. The van der Waals surface area contributed by atoms with Gasteiger partial charge in [0.1, 0.15) is 0 Å². The number of methoxy groups -OCH3 is 1. The Morgan fingerprint density at radius 3 is 2.52 bits per heavy atom. The fraction of sp³-hybridized carbons (Fsp3) is 0.640. The molecule has 0 spiro atoms. The lowest BCUT2D eigenvalue weighted by molar-refractivity contribution is -0.120. The van der Waals surface area contributed by atoms with E-state index < -0.39 is 10.8 Å². The quantitative estimate of drug-likeness (QED) is 0.642. The first-order valence-corrected chi connectivity index (χ1v) is 12.7. The van der Waals surface area contributed by atoms with Crippen LogP contribution in [0.1, 0.15) is 75.7 Å². The van der Waals surface area contributed by atoms with Gasteiger partial charge in [-0.25, -0.2) is 4.79 Å². The molecule has 1 aliphatic carbocycles. The summed E-state index contributed by atoms with van der Waals surface area (Å²) in [6.07, 6.45) is 5.10. The number of nitrogens with zero attached hydrogens (tertiary/aromatic N) is 2. The number of anilines is 1. The van der Waals surface area contributed by atoms with Crippen molar-refractivity contribution < 1.29 is 19.1 Å². The number of benzene rings is 1. The molecule has 7 nitrogen and oxygen atoms in total. The van der Waals surface area contributed by atoms with Gasteiger partial charge in [-0.1, -0.05) is 19.3 Å². The predicted octanol–water partition coefficient (Wildman–Crippen LogP) is 4.75. The molecule has 1 fully saturated rings. The van der Waals surface area contributed by atoms with Crippen LogP contribution in [0, 0.1) is 6.92 Å². The van der Waals surface area contributed by atoms with Crippen molar-refractivity contribution in [2.75, 3.05) is 25.1 Å². The highest BCUT2D eigenvalue weighted by Gasteiger charge is 2.41. The molecule has 0 bridgehead atoms. The zero-order valence-corrected chi connectivity index (χ0v) is 21.5. The summed E-state index contributed by atoms with van der Waals surface area (Å²) in [5, 5.41) is 2.65. The second kappa shape index (κ2) is 10.4. The molecule has 0 aromatic heterocycles. The molecule has 2 aliphatic rings. The fourth-order valence-corrected chi connectivity index (χ4v) is 6.09. The highest BCUT2D eigenvalue weighted by molar-refractivity contribution is 8.01. The molecule has 3 rings (SSSR count). The Hall–Kier alpha value is -2.22. The number of aryl methyl sites for hydroxylation is 1. The van der Waals surface area contributed by atoms with Crippen molar-refractivity contribution in [3.05, 3.63) is 23.3 Å². The van der Waals surface area contributed by atoms with Gasteiger partial charge >= 0.3 is 6.09 Å². The minimum Gasteiger partial charge on any atom is -0.453 e. The van der Waals surface area contributed by atoms with Gasteiger partial charge in [0.2, 0.25) is 5.91 Å². The third-order valence-electron chi connectivity index (χ3n) is 6.50. The smallest absolute Gasteiger partial charge is 0.406 e. The van der Waals surface area contributed by atoms with Crippen LogP contribution >= 0.6 is 11.8 Å². The number of carbonyl (C=O) groups excluding carboxylic acids is 3. The number of alkyl carbamates (subject to hydrolysis) is 1. The van der Waals surface area contributed by atoms with Crippen molar-refractivity contribution >= 4 is 35.4 Å². The normalized spacial score (nSPS) is 18.2. The standard InChI is InChI=1S/C25H37N3O4S/c1-16(2)28(18-10-8-7-9-11-18)22(29)19-15-20-21(14-17(19)3)33-25(4,5)23(30)27(20)13-12-26-24(31)32-6/h14-16,18H,7-13H2,1-6H3,(H,26,31). The van der Waals surface area contributed by atoms with Crippen LogP contribution in [0.3, 0.4) is 0 Å². The number of amides is 3. The molecule has 33 heavy (non-hydrogen) atoms. The van der Waals surface area contributed by atoms with Crippen LogP contribution in [0.25, 0.3) is 0 Å². The van der Waals surface area contributed by atoms with Crippen LogP contribution in [-0.4, -0.2) is 59.8 Å². The number of rotatable bonds is 6. The number of hydrogen-bond donors (Lipinski definition) is 1. The SMILES string of the molecule is COC(=O)NCCN1C(=O)C(C)(C)Sc2cc(C)c(C(=O)N(C(C)C)C3CCCCC3)cc21. The molecule has 1 N–H and O–H groups in total. The number of nitrogens with one attached hydrogen (secondary N) is 1. The van der Waals surface area contributed by atoms with Crippen molar-refractivity contribution in [3.63, 3.8) is 0 Å². The van der Waals surface area contributed by atoms with Gasteiger partial charge in [0.05, 0.1) is 17.5 Å². The largest absolute Gasteiger partial charge is 0.453 e. The summed E-state index contributed by atoms with van der Waals surface area (Å²) in [6, 6.07) is 4.27. The Kier molecular flexibility index (Phi) is 7.98. The maximum Gasteiger partial charge on any atom is 0.406 e. The average molecular weight is 476 g/mol. The van der Waals surface area contributed by atoms with E-state index in [9.17, 15) is 14.4 Å². The van der Waals surface area contributed by atoms with Crippen molar-refractivity contribution in [1.29, 1.82) is 0 Å². The van der Waals surface area contributed by atoms with E-state index in [1.165, 1.54) is 25.3 Å². The van der Waals surface area contributed by atoms with E-state index in [2.05, 4.69) is 23.9 Å². The van der Waals surface area contributed by atoms with E-state index in [1.807, 2.05) is 37.8 Å². The molecule has 8 heteroatoms. The highest BCUT2D eigenvalue weighted by atomic mass is 32.2. The van der Waals surface area contributed by atoms with Crippen LogP contribution in [-0.2, 0) is 9.53 Å². The second-order valence-electron chi connectivity index (χ2n) is 9.72. The highest BCUT2D eigenvalue weighted by Crippen LogP contribution is 2.46. The van der Waals surface area contributed by atoms with Crippen molar-refractivity contribution in [2.45, 2.75) is 88.4 Å². The summed E-state index contributed by atoms with van der Waals surface area (Å²) in [7, 11) is 1.31. The molecule has 1 heterocycles. The van der Waals surface area contributed by atoms with Crippen molar-refractivity contribution in [3.8, 4) is 0 Å². The summed E-state index contributed by atoms with van der Waals surface area (Å²) in [4.78, 5) is 43.3. The molecule has 1 aromatic carbocycles. The van der Waals surface area contributed by atoms with E-state index in [-0.39, 0.29) is 30.4 Å². The van der Waals surface area contributed by atoms with Crippen molar-refractivity contribution in [1.82, 2.24) is 10.2 Å². The van der Waals surface area contributed by atoms with Crippen LogP contribution in [0.2, 0.25) is 0 Å². The summed E-state index contributed by atoms with van der Waals surface area (Å²) in [5.74, 6) is -0.00553. The van der Waals surface area contributed by atoms with Gasteiger partial charge in [-0.15, -0.1) is 11.8 Å². The van der Waals surface area contributed by atoms with E-state index in [0.717, 1.165) is 41.8 Å². The maximum absolute atomic E-state index is 13.8. The van der Waals surface area contributed by atoms with Gasteiger partial charge in [0.15, 0.2) is 0 Å². The molecule has 0 saturated heterocycles. The molecular formula is C25H37N3O4S. The zero-order valence-electron chi connectivity index (χ0n) is 20.7. The Labute approximate surface area is 201 Å². The molecule has 0 radical (unpaired) electrons. The summed E-state index contributed by atoms with van der Waals surface area (Å²) in [5.41, 5.74) is 2.30. The van der Waals surface area contributed by atoms with Gasteiger partial charge in [-0.05, 0) is 65.2 Å². The minimum absolute atomic E-state index is 0.0344. The maximum atomic E-state index is 13.8. The van der Waals surface area contributed by atoms with E-state index in [4.69, 9.17) is 0 Å². The van der Waals surface area contributed by atoms with Gasteiger partial charge < -0.3 is 19.9 Å². The van der Waals surface area contributed by atoms with E-state index >= 15 is 0 Å². The minimum atomic E-state index is -0.637. The third kappa shape index (κ3) is 5.48. The molecule has 0 atom stereocenters. The van der Waals surface area contributed by atoms with E-state index in [0.29, 0.717) is 12.1 Å². The summed E-state index contributed by atoms with van der Waals surface area (Å²) in [6.45, 7) is 10.5. The molecule has 3 amide bonds. The Morgan fingerprint density at radius 1 is 1.24 bits per heavy atom. The lowest BCUT2D eigenvalue weighted by Gasteiger charge is -2.40. The summed E-state index contributed by atoms with van der Waals surface area (Å²) < 4.78 is 4.01. The lowest BCUT2D eigenvalue weighted by Crippen LogP contribution is -2.49. The van der Waals surface area contributed by atoms with Gasteiger partial charge in [-0.3, -0.25) is 9.59 Å². The predicted molar refractivity (Wildman–Crippen MR) is 132 cm³/mol. The van der Waals surface area contributed by atoms with Crippen LogP contribution in [0.5, 0.6) is 0 Å². The number of ether oxygens (including phenoxy) is 1. The first-order chi connectivity index (χ1) is 15.6. The van der Waals surface area contributed by atoms with Crippen molar-refractivity contribution in [2.24, 2.45) is 0 Å². The van der Waals surface area contributed by atoms with Crippen LogP contribution in [0.15, 0.2) is 17.0 Å². The van der Waals surface area contributed by atoms with E-state index in [1.54, 1.807) is 4.90 Å². The Morgan fingerprint density at radius 2 is 1.91 bits per heavy atom. The Balaban J connectivity index is 1.96. The number of thioether (sulfide) groups is 1. The van der Waals surface area contributed by atoms with Crippen LogP contribution in [0.4, 0.5) is 10.5 Å². The molecule has 1 aliphatic heterocycles. The van der Waals surface area contributed by atoms with Gasteiger partial charge in [0.25, 0.3) is 5.91 Å². The molecular weight excluding hydrogens is 438 g/mol. The van der Waals surface area contributed by atoms with Gasteiger partial charge in [-0.2, -0.15) is 0 Å². The topological polar surface area (TPSA) is 79.0 Å². The molecule has 182 valence electrons. The second-order valence-corrected chi connectivity index (χ2v) is 11.4. The van der Waals surface area contributed by atoms with Gasteiger partial charge in [0, 0.05) is 35.6 Å². The molecule has 0 unspecified atom stereocenters. The fourth-order valence-electron chi connectivity index (χ4n) is 4.83. The molecule has 1 aromatic rings. The number of hydrogen-bond acceptors (Lipinski definition) is 5. The number of carbonyl (C=O) groups is 3. The first-order valence-electron chi connectivity index (χ1n) is 11.9. The first kappa shape index (κ1) is 25.4. The zero-order chi connectivity index (χ0) is 24.3. The monoisotopic (exact) mass is 475 g/mol. The number of fused-ring (bicyclic) bond motifs is 1. The molecule has 1 saturated carbocycles. The third-order valence-corrected chi connectivity index (χ3v) is 7.73. The average Bonchev–Trinajstić information content (AvgIpc) is 2.76. The Bertz CT molecular complexity index is 909.